The zero-order chi connectivity index (χ0) is 14.5. The molecule has 2 rings (SSSR count). The van der Waals surface area contributed by atoms with E-state index in [0.29, 0.717) is 11.4 Å². The number of ketones is 1. The van der Waals surface area contributed by atoms with Crippen LogP contribution in [0.1, 0.15) is 5.56 Å². The minimum Gasteiger partial charge on any atom is -0.496 e. The van der Waals surface area contributed by atoms with Crippen molar-refractivity contribution < 1.29 is 9.53 Å². The van der Waals surface area contributed by atoms with Gasteiger partial charge in [-0.05, 0) is 35.4 Å². The molecule has 2 aromatic carbocycles. The third-order valence-corrected chi connectivity index (χ3v) is 3.26. The SMILES string of the molecule is COc1ccc(CC(=O)CN)cc1-c1cccc(Cl)c1. The van der Waals surface area contributed by atoms with Crippen LogP contribution >= 0.6 is 11.6 Å². The van der Waals surface area contributed by atoms with Crippen molar-refractivity contribution in [2.75, 3.05) is 13.7 Å². The summed E-state index contributed by atoms with van der Waals surface area (Å²) in [6, 6.07) is 13.2. The second kappa shape index (κ2) is 6.55. The number of halogens is 1. The highest BCUT2D eigenvalue weighted by Crippen LogP contribution is 2.32. The average molecular weight is 290 g/mol. The van der Waals surface area contributed by atoms with Crippen molar-refractivity contribution in [3.8, 4) is 16.9 Å². The average Bonchev–Trinajstić information content (AvgIpc) is 2.47. The topological polar surface area (TPSA) is 52.3 Å². The fourth-order valence-corrected chi connectivity index (χ4v) is 2.24. The first-order valence-corrected chi connectivity index (χ1v) is 6.66. The van der Waals surface area contributed by atoms with Crippen LogP contribution in [0, 0.1) is 0 Å². The van der Waals surface area contributed by atoms with Gasteiger partial charge in [0.05, 0.1) is 13.7 Å². The predicted molar refractivity (Wildman–Crippen MR) is 81.2 cm³/mol. The maximum absolute atomic E-state index is 11.5. The molecule has 0 unspecified atom stereocenters. The van der Waals surface area contributed by atoms with Crippen molar-refractivity contribution in [3.63, 3.8) is 0 Å². The van der Waals surface area contributed by atoms with Gasteiger partial charge in [0.15, 0.2) is 5.78 Å². The van der Waals surface area contributed by atoms with Gasteiger partial charge in [-0.3, -0.25) is 4.79 Å². The predicted octanol–water partition coefficient (Wildman–Crippen LogP) is 3.09. The van der Waals surface area contributed by atoms with E-state index in [0.717, 1.165) is 22.4 Å². The molecule has 0 amide bonds. The summed E-state index contributed by atoms with van der Waals surface area (Å²) in [5.41, 5.74) is 8.14. The van der Waals surface area contributed by atoms with Crippen LogP contribution in [0.3, 0.4) is 0 Å². The molecule has 20 heavy (non-hydrogen) atoms. The van der Waals surface area contributed by atoms with Gasteiger partial charge in [0, 0.05) is 17.0 Å². The molecule has 0 bridgehead atoms. The van der Waals surface area contributed by atoms with Gasteiger partial charge in [0.1, 0.15) is 5.75 Å². The summed E-state index contributed by atoms with van der Waals surface area (Å²) in [5.74, 6) is 0.753. The Labute approximate surface area is 123 Å². The van der Waals surface area contributed by atoms with Gasteiger partial charge < -0.3 is 10.5 Å². The zero-order valence-corrected chi connectivity index (χ0v) is 12.0. The Kier molecular flexibility index (Phi) is 4.77. The van der Waals surface area contributed by atoms with E-state index in [9.17, 15) is 4.79 Å². The monoisotopic (exact) mass is 289 g/mol. The second-order valence-corrected chi connectivity index (χ2v) is 4.90. The largest absolute Gasteiger partial charge is 0.496 e. The summed E-state index contributed by atoms with van der Waals surface area (Å²) in [4.78, 5) is 11.5. The van der Waals surface area contributed by atoms with Gasteiger partial charge in [-0.2, -0.15) is 0 Å². The van der Waals surface area contributed by atoms with Gasteiger partial charge in [-0.15, -0.1) is 0 Å². The minimum absolute atomic E-state index is 0.00668. The van der Waals surface area contributed by atoms with E-state index in [1.54, 1.807) is 7.11 Å². The molecule has 0 aliphatic rings. The molecule has 0 aliphatic heterocycles. The highest BCUT2D eigenvalue weighted by molar-refractivity contribution is 6.30. The fourth-order valence-electron chi connectivity index (χ4n) is 2.05. The summed E-state index contributed by atoms with van der Waals surface area (Å²) >= 11 is 6.03. The lowest BCUT2D eigenvalue weighted by Crippen LogP contribution is -2.15. The molecular weight excluding hydrogens is 274 g/mol. The lowest BCUT2D eigenvalue weighted by molar-refractivity contribution is -0.117. The molecule has 2 N–H and O–H groups in total. The van der Waals surface area contributed by atoms with Crippen molar-refractivity contribution in [1.29, 1.82) is 0 Å². The summed E-state index contributed by atoms with van der Waals surface area (Å²) in [7, 11) is 1.62. The van der Waals surface area contributed by atoms with E-state index in [1.807, 2.05) is 42.5 Å². The number of hydrogen-bond donors (Lipinski definition) is 1. The van der Waals surface area contributed by atoms with Gasteiger partial charge in [0.2, 0.25) is 0 Å². The van der Waals surface area contributed by atoms with Crippen molar-refractivity contribution >= 4 is 17.4 Å². The Balaban J connectivity index is 2.44. The molecule has 0 heterocycles. The van der Waals surface area contributed by atoms with Crippen molar-refractivity contribution in [2.45, 2.75) is 6.42 Å². The van der Waals surface area contributed by atoms with Gasteiger partial charge >= 0.3 is 0 Å². The van der Waals surface area contributed by atoms with Crippen LogP contribution < -0.4 is 10.5 Å². The highest BCUT2D eigenvalue weighted by Gasteiger charge is 2.09. The van der Waals surface area contributed by atoms with Crippen LogP contribution in [-0.2, 0) is 11.2 Å². The quantitative estimate of drug-likeness (QED) is 0.920. The fraction of sp³-hybridized carbons (Fsp3) is 0.188. The van der Waals surface area contributed by atoms with E-state index in [1.165, 1.54) is 0 Å². The first kappa shape index (κ1) is 14.6. The number of ether oxygens (including phenoxy) is 1. The van der Waals surface area contributed by atoms with Gasteiger partial charge in [-0.25, -0.2) is 0 Å². The van der Waals surface area contributed by atoms with Gasteiger partial charge in [0.25, 0.3) is 0 Å². The molecule has 3 nitrogen and oxygen atoms in total. The third kappa shape index (κ3) is 3.38. The van der Waals surface area contributed by atoms with Crippen LogP contribution in [0.5, 0.6) is 5.75 Å². The Hall–Kier alpha value is -1.84. The first-order valence-electron chi connectivity index (χ1n) is 6.28. The Morgan fingerprint density at radius 3 is 2.70 bits per heavy atom. The molecule has 0 radical (unpaired) electrons. The Bertz CT molecular complexity index is 626. The number of hydrogen-bond acceptors (Lipinski definition) is 3. The van der Waals surface area contributed by atoms with Crippen molar-refractivity contribution in [3.05, 3.63) is 53.1 Å². The molecule has 0 aliphatic carbocycles. The van der Waals surface area contributed by atoms with Crippen molar-refractivity contribution in [1.82, 2.24) is 0 Å². The normalized spacial score (nSPS) is 10.3. The number of Topliss-reactive ketones (excluding diaryl/α,β-unsaturated/α-hetero) is 1. The molecule has 0 saturated carbocycles. The van der Waals surface area contributed by atoms with Crippen LogP contribution in [0.4, 0.5) is 0 Å². The lowest BCUT2D eigenvalue weighted by atomic mass is 9.99. The molecule has 0 spiro atoms. The van der Waals surface area contributed by atoms with Crippen LogP contribution in [0.25, 0.3) is 11.1 Å². The van der Waals surface area contributed by atoms with E-state index in [-0.39, 0.29) is 12.3 Å². The smallest absolute Gasteiger partial charge is 0.150 e. The summed E-state index contributed by atoms with van der Waals surface area (Å²) in [6.45, 7) is 0.0541. The molecule has 4 heteroatoms. The molecule has 0 saturated heterocycles. The highest BCUT2D eigenvalue weighted by atomic mass is 35.5. The molecule has 0 atom stereocenters. The summed E-state index contributed by atoms with van der Waals surface area (Å²) in [6.07, 6.45) is 0.327. The maximum atomic E-state index is 11.5. The number of methoxy groups -OCH3 is 1. The number of carbonyl (C=O) groups excluding carboxylic acids is 1. The molecule has 2 aromatic rings. The second-order valence-electron chi connectivity index (χ2n) is 4.46. The number of carbonyl (C=O) groups is 1. The van der Waals surface area contributed by atoms with E-state index in [4.69, 9.17) is 22.1 Å². The summed E-state index contributed by atoms with van der Waals surface area (Å²) < 4.78 is 5.37. The third-order valence-electron chi connectivity index (χ3n) is 3.03. The number of rotatable bonds is 5. The van der Waals surface area contributed by atoms with E-state index < -0.39 is 0 Å². The molecular formula is C16H16ClNO2. The van der Waals surface area contributed by atoms with Crippen LogP contribution in [0.15, 0.2) is 42.5 Å². The molecule has 0 fully saturated rings. The number of benzene rings is 2. The van der Waals surface area contributed by atoms with Crippen LogP contribution in [0.2, 0.25) is 5.02 Å². The van der Waals surface area contributed by atoms with Crippen molar-refractivity contribution in [2.24, 2.45) is 5.73 Å². The minimum atomic E-state index is 0.00668. The summed E-state index contributed by atoms with van der Waals surface area (Å²) in [5, 5.41) is 0.660. The zero-order valence-electron chi connectivity index (χ0n) is 11.2. The van der Waals surface area contributed by atoms with Crippen LogP contribution in [-0.4, -0.2) is 19.4 Å². The standard InChI is InChI=1S/C16H16ClNO2/c1-20-16-6-5-11(7-14(19)10-18)8-15(16)12-3-2-4-13(17)9-12/h2-6,8-9H,7,10,18H2,1H3. The van der Waals surface area contributed by atoms with Gasteiger partial charge in [-0.1, -0.05) is 29.8 Å². The molecule has 104 valence electrons. The Morgan fingerprint density at radius 2 is 2.05 bits per heavy atom. The van der Waals surface area contributed by atoms with E-state index >= 15 is 0 Å². The molecule has 0 aromatic heterocycles. The lowest BCUT2D eigenvalue weighted by Gasteiger charge is -2.11. The van der Waals surface area contributed by atoms with E-state index in [2.05, 4.69) is 0 Å². The number of nitrogens with two attached hydrogens (primary N) is 1. The first-order chi connectivity index (χ1) is 9.63. The maximum Gasteiger partial charge on any atom is 0.150 e. The Morgan fingerprint density at radius 1 is 1.25 bits per heavy atom.